The zero-order chi connectivity index (χ0) is 28.2. The first-order chi connectivity index (χ1) is 18.4. The third kappa shape index (κ3) is 5.00. The van der Waals surface area contributed by atoms with Gasteiger partial charge < -0.3 is 4.74 Å². The highest BCUT2D eigenvalue weighted by Crippen LogP contribution is 2.67. The molecule has 1 aromatic rings. The molecule has 4 saturated carbocycles. The Labute approximate surface area is 234 Å². The third-order valence-corrected chi connectivity index (χ3v) is 13.2. The molecule has 9 unspecified atom stereocenters. The van der Waals surface area contributed by atoms with Gasteiger partial charge in [0.2, 0.25) is 0 Å². The predicted molar refractivity (Wildman–Crippen MR) is 149 cm³/mol. The highest BCUT2D eigenvalue weighted by Gasteiger charge is 2.64. The molecule has 4 aliphatic carbocycles. The first-order valence-corrected chi connectivity index (χ1v) is 16.4. The van der Waals surface area contributed by atoms with Crippen LogP contribution in [0.5, 0.6) is 0 Å². The standard InChI is InChI=1S/C32H46O6S/c1-20-6-10-24(11-7-20)39(35,36)38-23-16-17-31(3)22(18-23)9-12-25-27-14-13-26(21(2)8-15-30(34)37-5)32(27,4)29(33)19-28(25)31/h6-7,10-11,21-23,25-28H,8-9,12-19H2,1-5H3. The summed E-state index contributed by atoms with van der Waals surface area (Å²) in [6.45, 7) is 8.76. The molecule has 0 radical (unpaired) electrons. The fourth-order valence-corrected chi connectivity index (χ4v) is 10.7. The lowest BCUT2D eigenvalue weighted by atomic mass is 9.44. The number of hydrogen-bond donors (Lipinski definition) is 0. The van der Waals surface area contributed by atoms with Gasteiger partial charge in [0, 0.05) is 18.3 Å². The van der Waals surface area contributed by atoms with Gasteiger partial charge in [-0.05, 0) is 111 Å². The van der Waals surface area contributed by atoms with Gasteiger partial charge in [0.15, 0.2) is 0 Å². The van der Waals surface area contributed by atoms with Gasteiger partial charge in [-0.15, -0.1) is 0 Å². The fourth-order valence-electron chi connectivity index (χ4n) is 9.54. The minimum absolute atomic E-state index is 0.0436. The largest absolute Gasteiger partial charge is 0.469 e. The van der Waals surface area contributed by atoms with Gasteiger partial charge in [0.1, 0.15) is 5.78 Å². The van der Waals surface area contributed by atoms with Crippen molar-refractivity contribution in [1.29, 1.82) is 0 Å². The molecule has 0 saturated heterocycles. The molecule has 7 heteroatoms. The molecule has 0 amide bonds. The summed E-state index contributed by atoms with van der Waals surface area (Å²) in [6, 6.07) is 6.85. The lowest BCUT2D eigenvalue weighted by Gasteiger charge is -2.60. The van der Waals surface area contributed by atoms with E-state index in [-0.39, 0.29) is 27.8 Å². The third-order valence-electron chi connectivity index (χ3n) is 11.8. The van der Waals surface area contributed by atoms with Crippen LogP contribution >= 0.6 is 0 Å². The predicted octanol–water partition coefficient (Wildman–Crippen LogP) is 6.50. The Balaban J connectivity index is 1.28. The van der Waals surface area contributed by atoms with Gasteiger partial charge in [-0.2, -0.15) is 8.42 Å². The maximum atomic E-state index is 14.0. The quantitative estimate of drug-likeness (QED) is 0.281. The van der Waals surface area contributed by atoms with Crippen LogP contribution in [0.2, 0.25) is 0 Å². The van der Waals surface area contributed by atoms with Gasteiger partial charge >= 0.3 is 5.97 Å². The summed E-state index contributed by atoms with van der Waals surface area (Å²) >= 11 is 0. The Morgan fingerprint density at radius 2 is 1.77 bits per heavy atom. The molecule has 4 aliphatic rings. The zero-order valence-electron chi connectivity index (χ0n) is 24.3. The van der Waals surface area contributed by atoms with Crippen LogP contribution in [0.4, 0.5) is 0 Å². The van der Waals surface area contributed by atoms with E-state index in [0.717, 1.165) is 50.5 Å². The van der Waals surface area contributed by atoms with Crippen molar-refractivity contribution >= 4 is 21.9 Å². The molecule has 9 atom stereocenters. The number of Topliss-reactive ketones (excluding diaryl/α,β-unsaturated/α-hetero) is 1. The van der Waals surface area contributed by atoms with Gasteiger partial charge in [-0.3, -0.25) is 13.8 Å². The van der Waals surface area contributed by atoms with Crippen molar-refractivity contribution in [2.45, 2.75) is 103 Å². The SMILES string of the molecule is COC(=O)CCC(C)C1CCC2C3CCC4CC(OS(=O)(=O)c5ccc(C)cc5)CCC4(C)C3CC(=O)C12C. The number of rotatable bonds is 7. The van der Waals surface area contributed by atoms with Crippen LogP contribution < -0.4 is 0 Å². The summed E-state index contributed by atoms with van der Waals surface area (Å²) in [4.78, 5) is 26.0. The average Bonchev–Trinajstić information content (AvgIpc) is 3.26. The van der Waals surface area contributed by atoms with E-state index in [0.29, 0.717) is 60.6 Å². The van der Waals surface area contributed by atoms with Crippen molar-refractivity contribution in [3.63, 3.8) is 0 Å². The average molecular weight is 559 g/mol. The van der Waals surface area contributed by atoms with E-state index in [2.05, 4.69) is 20.8 Å². The molecule has 0 spiro atoms. The van der Waals surface area contributed by atoms with Crippen LogP contribution in [0.25, 0.3) is 0 Å². The van der Waals surface area contributed by atoms with E-state index in [1.165, 1.54) is 7.11 Å². The lowest BCUT2D eigenvalue weighted by Crippen LogP contribution is -2.57. The summed E-state index contributed by atoms with van der Waals surface area (Å²) in [5.74, 6) is 2.57. The van der Waals surface area contributed by atoms with E-state index < -0.39 is 10.1 Å². The molecule has 0 aromatic heterocycles. The van der Waals surface area contributed by atoms with Crippen LogP contribution in [-0.4, -0.2) is 33.4 Å². The molecular formula is C32H46O6S. The zero-order valence-corrected chi connectivity index (χ0v) is 25.1. The Bertz CT molecular complexity index is 1190. The second-order valence-corrected chi connectivity index (χ2v) is 15.2. The summed E-state index contributed by atoms with van der Waals surface area (Å²) in [5, 5.41) is 0. The number of aryl methyl sites for hydroxylation is 1. The van der Waals surface area contributed by atoms with Gasteiger partial charge in [0.05, 0.1) is 18.1 Å². The summed E-state index contributed by atoms with van der Waals surface area (Å²) < 4.78 is 36.6. The molecule has 1 aromatic carbocycles. The maximum Gasteiger partial charge on any atom is 0.305 e. The van der Waals surface area contributed by atoms with Crippen molar-refractivity contribution in [3.05, 3.63) is 29.8 Å². The van der Waals surface area contributed by atoms with E-state index in [1.807, 2.05) is 6.92 Å². The molecule has 0 aliphatic heterocycles. The number of carbonyl (C=O) groups is 2. The number of ether oxygens (including phenoxy) is 1. The van der Waals surface area contributed by atoms with E-state index in [9.17, 15) is 18.0 Å². The van der Waals surface area contributed by atoms with Gasteiger partial charge in [0.25, 0.3) is 10.1 Å². The highest BCUT2D eigenvalue weighted by atomic mass is 32.2. The molecule has 5 rings (SSSR count). The fraction of sp³-hybridized carbons (Fsp3) is 0.750. The number of ketones is 1. The second kappa shape index (κ2) is 10.6. The molecule has 0 N–H and O–H groups in total. The van der Waals surface area contributed by atoms with Crippen LogP contribution in [-0.2, 0) is 28.6 Å². The number of benzene rings is 1. The minimum Gasteiger partial charge on any atom is -0.469 e. The van der Waals surface area contributed by atoms with Crippen LogP contribution in [0.1, 0.15) is 90.5 Å². The smallest absolute Gasteiger partial charge is 0.305 e. The van der Waals surface area contributed by atoms with Crippen molar-refractivity contribution in [3.8, 4) is 0 Å². The Morgan fingerprint density at radius 3 is 2.46 bits per heavy atom. The van der Waals surface area contributed by atoms with Gasteiger partial charge in [-0.1, -0.05) is 38.5 Å². The van der Waals surface area contributed by atoms with Crippen molar-refractivity contribution in [2.24, 2.45) is 46.3 Å². The highest BCUT2D eigenvalue weighted by molar-refractivity contribution is 7.86. The molecule has 0 bridgehead atoms. The first kappa shape index (κ1) is 28.8. The molecule has 216 valence electrons. The van der Waals surface area contributed by atoms with E-state index in [1.54, 1.807) is 24.3 Å². The summed E-state index contributed by atoms with van der Waals surface area (Å²) in [5.41, 5.74) is 0.756. The van der Waals surface area contributed by atoms with E-state index in [4.69, 9.17) is 8.92 Å². The molecular weight excluding hydrogens is 512 g/mol. The number of esters is 1. The van der Waals surface area contributed by atoms with E-state index >= 15 is 0 Å². The van der Waals surface area contributed by atoms with Crippen molar-refractivity contribution in [2.75, 3.05) is 7.11 Å². The van der Waals surface area contributed by atoms with Gasteiger partial charge in [-0.25, -0.2) is 0 Å². The Kier molecular flexibility index (Phi) is 7.82. The molecule has 4 fully saturated rings. The van der Waals surface area contributed by atoms with Crippen LogP contribution in [0.15, 0.2) is 29.2 Å². The maximum absolute atomic E-state index is 14.0. The Morgan fingerprint density at radius 1 is 1.05 bits per heavy atom. The lowest BCUT2D eigenvalue weighted by molar-refractivity contribution is -0.160. The minimum atomic E-state index is -3.80. The number of fused-ring (bicyclic) bond motifs is 5. The van der Waals surface area contributed by atoms with Crippen molar-refractivity contribution in [1.82, 2.24) is 0 Å². The molecule has 6 nitrogen and oxygen atoms in total. The molecule has 39 heavy (non-hydrogen) atoms. The van der Waals surface area contributed by atoms with Crippen LogP contribution in [0, 0.1) is 53.3 Å². The van der Waals surface area contributed by atoms with Crippen LogP contribution in [0.3, 0.4) is 0 Å². The first-order valence-electron chi connectivity index (χ1n) is 15.0. The second-order valence-electron chi connectivity index (χ2n) is 13.6. The topological polar surface area (TPSA) is 86.7 Å². The Hall–Kier alpha value is -1.73. The number of methoxy groups -OCH3 is 1. The number of hydrogen-bond acceptors (Lipinski definition) is 6. The summed E-state index contributed by atoms with van der Waals surface area (Å²) in [7, 11) is -2.36. The number of carbonyl (C=O) groups excluding carboxylic acids is 2. The normalized spacial score (nSPS) is 38.8. The molecule has 0 heterocycles. The monoisotopic (exact) mass is 558 g/mol. The van der Waals surface area contributed by atoms with Crippen molar-refractivity contribution < 1.29 is 26.9 Å². The summed E-state index contributed by atoms with van der Waals surface area (Å²) in [6.07, 6.45) is 8.22.